The number of hydrogen-bond donors (Lipinski definition) is 0. The quantitative estimate of drug-likeness (QED) is 0.835. The SMILES string of the molecule is Cc1cccc(CN2CC3(CCN(C(=O)C4CCOC4)CC3)CC2=O)c1. The first kappa shape index (κ1) is 17.5. The molecule has 1 aromatic carbocycles. The summed E-state index contributed by atoms with van der Waals surface area (Å²) in [6.07, 6.45) is 3.35. The molecule has 3 aliphatic heterocycles. The molecule has 1 aromatic rings. The van der Waals surface area contributed by atoms with Crippen LogP contribution in [-0.2, 0) is 20.9 Å². The number of nitrogens with zero attached hydrogens (tertiary/aromatic N) is 2. The average molecular weight is 356 g/mol. The number of likely N-dealkylation sites (tertiary alicyclic amines) is 2. The Balaban J connectivity index is 1.35. The van der Waals surface area contributed by atoms with Crippen molar-refractivity contribution in [1.82, 2.24) is 9.80 Å². The van der Waals surface area contributed by atoms with E-state index < -0.39 is 0 Å². The third kappa shape index (κ3) is 3.50. The first-order valence-electron chi connectivity index (χ1n) is 9.75. The molecule has 140 valence electrons. The largest absolute Gasteiger partial charge is 0.381 e. The van der Waals surface area contributed by atoms with Crippen LogP contribution < -0.4 is 0 Å². The van der Waals surface area contributed by atoms with Crippen molar-refractivity contribution in [1.29, 1.82) is 0 Å². The Morgan fingerprint density at radius 1 is 1.31 bits per heavy atom. The van der Waals surface area contributed by atoms with Crippen LogP contribution in [0.25, 0.3) is 0 Å². The Morgan fingerprint density at radius 3 is 2.81 bits per heavy atom. The molecular formula is C21H28N2O3. The smallest absolute Gasteiger partial charge is 0.228 e. The van der Waals surface area contributed by atoms with Crippen molar-refractivity contribution < 1.29 is 14.3 Å². The molecule has 0 N–H and O–H groups in total. The lowest BCUT2D eigenvalue weighted by molar-refractivity contribution is -0.137. The third-order valence-corrected chi connectivity index (χ3v) is 6.28. The standard InChI is InChI=1S/C21H28N2O3/c1-16-3-2-4-17(11-16)13-23-15-21(12-19(23)24)6-8-22(9-7-21)20(25)18-5-10-26-14-18/h2-4,11,18H,5-10,12-15H2,1H3. The van der Waals surface area contributed by atoms with Crippen LogP contribution in [0.3, 0.4) is 0 Å². The summed E-state index contributed by atoms with van der Waals surface area (Å²) in [6, 6.07) is 8.39. The molecule has 4 rings (SSSR count). The van der Waals surface area contributed by atoms with E-state index >= 15 is 0 Å². The van der Waals surface area contributed by atoms with E-state index in [-0.39, 0.29) is 23.1 Å². The van der Waals surface area contributed by atoms with Gasteiger partial charge < -0.3 is 14.5 Å². The number of hydrogen-bond acceptors (Lipinski definition) is 3. The molecule has 5 nitrogen and oxygen atoms in total. The van der Waals surface area contributed by atoms with Gasteiger partial charge in [-0.3, -0.25) is 9.59 Å². The number of aryl methyl sites for hydroxylation is 1. The second-order valence-electron chi connectivity index (χ2n) is 8.30. The minimum absolute atomic E-state index is 0.0482. The molecule has 3 heterocycles. The molecule has 0 aromatic heterocycles. The molecule has 0 saturated carbocycles. The highest BCUT2D eigenvalue weighted by Gasteiger charge is 2.45. The highest BCUT2D eigenvalue weighted by Crippen LogP contribution is 2.41. The minimum atomic E-state index is 0.0482. The fraction of sp³-hybridized carbons (Fsp3) is 0.619. The van der Waals surface area contributed by atoms with Crippen LogP contribution in [0.1, 0.15) is 36.8 Å². The van der Waals surface area contributed by atoms with Crippen molar-refractivity contribution in [2.45, 2.75) is 39.2 Å². The molecule has 2 amide bonds. The maximum Gasteiger partial charge on any atom is 0.228 e. The Bertz CT molecular complexity index is 688. The number of piperidine rings is 1. The molecule has 1 unspecified atom stereocenters. The highest BCUT2D eigenvalue weighted by molar-refractivity contribution is 5.81. The van der Waals surface area contributed by atoms with Gasteiger partial charge in [-0.1, -0.05) is 29.8 Å². The Morgan fingerprint density at radius 2 is 2.12 bits per heavy atom. The Labute approximate surface area is 155 Å². The van der Waals surface area contributed by atoms with Crippen LogP contribution in [0.5, 0.6) is 0 Å². The number of rotatable bonds is 3. The molecular weight excluding hydrogens is 328 g/mol. The lowest BCUT2D eigenvalue weighted by Gasteiger charge is -2.39. The zero-order valence-corrected chi connectivity index (χ0v) is 15.6. The maximum atomic E-state index is 12.6. The summed E-state index contributed by atoms with van der Waals surface area (Å²) in [6.45, 7) is 6.44. The monoisotopic (exact) mass is 356 g/mol. The average Bonchev–Trinajstić information content (AvgIpc) is 3.24. The second-order valence-corrected chi connectivity index (χ2v) is 8.30. The topological polar surface area (TPSA) is 49.9 Å². The van der Waals surface area contributed by atoms with Gasteiger partial charge >= 0.3 is 0 Å². The number of ether oxygens (including phenoxy) is 1. The molecule has 1 atom stereocenters. The van der Waals surface area contributed by atoms with Crippen molar-refractivity contribution in [2.24, 2.45) is 11.3 Å². The van der Waals surface area contributed by atoms with E-state index in [2.05, 4.69) is 31.2 Å². The predicted molar refractivity (Wildman–Crippen MR) is 98.4 cm³/mol. The van der Waals surface area contributed by atoms with Gasteiger partial charge in [0.05, 0.1) is 12.5 Å². The van der Waals surface area contributed by atoms with E-state index in [4.69, 9.17) is 4.74 Å². The zero-order chi connectivity index (χ0) is 18.1. The molecule has 3 aliphatic rings. The molecule has 5 heteroatoms. The van der Waals surface area contributed by atoms with Gasteiger partial charge in [0.2, 0.25) is 11.8 Å². The summed E-state index contributed by atoms with van der Waals surface area (Å²) < 4.78 is 5.36. The van der Waals surface area contributed by atoms with E-state index in [0.29, 0.717) is 26.2 Å². The van der Waals surface area contributed by atoms with Gasteiger partial charge in [0.15, 0.2) is 0 Å². The van der Waals surface area contributed by atoms with Gasteiger partial charge in [-0.05, 0) is 31.7 Å². The number of amides is 2. The lowest BCUT2D eigenvalue weighted by atomic mass is 9.77. The first-order valence-corrected chi connectivity index (χ1v) is 9.75. The highest BCUT2D eigenvalue weighted by atomic mass is 16.5. The number of carbonyl (C=O) groups excluding carboxylic acids is 2. The predicted octanol–water partition coefficient (Wildman–Crippen LogP) is 2.37. The summed E-state index contributed by atoms with van der Waals surface area (Å²) in [7, 11) is 0. The van der Waals surface area contributed by atoms with Crippen molar-refractivity contribution in [3.8, 4) is 0 Å². The van der Waals surface area contributed by atoms with Gasteiger partial charge in [0.25, 0.3) is 0 Å². The van der Waals surface area contributed by atoms with Crippen molar-refractivity contribution in [3.05, 3.63) is 35.4 Å². The molecule has 0 bridgehead atoms. The lowest BCUT2D eigenvalue weighted by Crippen LogP contribution is -2.46. The third-order valence-electron chi connectivity index (χ3n) is 6.28. The van der Waals surface area contributed by atoms with Gasteiger partial charge in [-0.2, -0.15) is 0 Å². The van der Waals surface area contributed by atoms with E-state index in [1.165, 1.54) is 11.1 Å². The molecule has 3 saturated heterocycles. The van der Waals surface area contributed by atoms with E-state index in [0.717, 1.165) is 38.9 Å². The Kier molecular flexibility index (Phi) is 4.74. The Hall–Kier alpha value is -1.88. The summed E-state index contributed by atoms with van der Waals surface area (Å²) in [5, 5.41) is 0. The molecule has 1 spiro atoms. The fourth-order valence-electron chi connectivity index (χ4n) is 4.68. The zero-order valence-electron chi connectivity index (χ0n) is 15.6. The van der Waals surface area contributed by atoms with E-state index in [1.807, 2.05) is 9.80 Å². The number of benzene rings is 1. The van der Waals surface area contributed by atoms with Gasteiger partial charge in [0, 0.05) is 44.6 Å². The van der Waals surface area contributed by atoms with Crippen LogP contribution in [-0.4, -0.2) is 54.5 Å². The normalized spacial score (nSPS) is 25.3. The molecule has 0 radical (unpaired) electrons. The van der Waals surface area contributed by atoms with Gasteiger partial charge in [-0.15, -0.1) is 0 Å². The van der Waals surface area contributed by atoms with Crippen LogP contribution >= 0.6 is 0 Å². The van der Waals surface area contributed by atoms with Crippen LogP contribution in [0, 0.1) is 18.3 Å². The fourth-order valence-corrected chi connectivity index (χ4v) is 4.68. The van der Waals surface area contributed by atoms with Crippen LogP contribution in [0.4, 0.5) is 0 Å². The van der Waals surface area contributed by atoms with E-state index in [9.17, 15) is 9.59 Å². The van der Waals surface area contributed by atoms with E-state index in [1.54, 1.807) is 0 Å². The van der Waals surface area contributed by atoms with Gasteiger partial charge in [-0.25, -0.2) is 0 Å². The summed E-state index contributed by atoms with van der Waals surface area (Å²) in [5.41, 5.74) is 2.49. The van der Waals surface area contributed by atoms with Crippen molar-refractivity contribution in [2.75, 3.05) is 32.8 Å². The van der Waals surface area contributed by atoms with Crippen molar-refractivity contribution in [3.63, 3.8) is 0 Å². The van der Waals surface area contributed by atoms with Crippen LogP contribution in [0.2, 0.25) is 0 Å². The summed E-state index contributed by atoms with van der Waals surface area (Å²) >= 11 is 0. The minimum Gasteiger partial charge on any atom is -0.381 e. The second kappa shape index (κ2) is 7.03. The molecule has 26 heavy (non-hydrogen) atoms. The molecule has 3 fully saturated rings. The number of carbonyl (C=O) groups is 2. The van der Waals surface area contributed by atoms with Crippen LogP contribution in [0.15, 0.2) is 24.3 Å². The van der Waals surface area contributed by atoms with Crippen molar-refractivity contribution >= 4 is 11.8 Å². The first-order chi connectivity index (χ1) is 12.5. The summed E-state index contributed by atoms with van der Waals surface area (Å²) in [4.78, 5) is 29.2. The maximum absolute atomic E-state index is 12.6. The molecule has 0 aliphatic carbocycles. The summed E-state index contributed by atoms with van der Waals surface area (Å²) in [5.74, 6) is 0.556. The van der Waals surface area contributed by atoms with Gasteiger partial charge in [0.1, 0.15) is 0 Å².